The van der Waals surface area contributed by atoms with Crippen molar-refractivity contribution in [3.8, 4) is 0 Å². The summed E-state index contributed by atoms with van der Waals surface area (Å²) in [5.41, 5.74) is 0.904. The molecule has 0 fully saturated rings. The van der Waals surface area contributed by atoms with E-state index in [0.717, 1.165) is 16.3 Å². The lowest BCUT2D eigenvalue weighted by Crippen LogP contribution is -2.30. The summed E-state index contributed by atoms with van der Waals surface area (Å²) in [4.78, 5) is 5.43. The molecule has 2 aromatic rings. The van der Waals surface area contributed by atoms with Crippen molar-refractivity contribution in [2.24, 2.45) is 0 Å². The second kappa shape index (κ2) is 7.54. The van der Waals surface area contributed by atoms with Crippen molar-refractivity contribution in [3.63, 3.8) is 0 Å². The first-order valence-electron chi connectivity index (χ1n) is 6.57. The molecule has 2 heterocycles. The highest BCUT2D eigenvalue weighted by atomic mass is 32.1. The minimum Gasteiger partial charge on any atom is -0.444 e. The minimum absolute atomic E-state index is 0.314. The minimum atomic E-state index is -0.535. The average Bonchev–Trinajstić information content (AvgIpc) is 3.01. The number of ether oxygens (including phenoxy) is 1. The molecule has 0 aromatic carbocycles. The summed E-state index contributed by atoms with van der Waals surface area (Å²) in [5, 5.41) is 14.9. The SMILES string of the molecule is Cc1nc(CNCC(O)COCc2cccs2)oc1C. The van der Waals surface area contributed by atoms with Gasteiger partial charge in [-0.1, -0.05) is 6.07 Å². The predicted molar refractivity (Wildman–Crippen MR) is 77.7 cm³/mol. The number of nitrogens with zero attached hydrogens (tertiary/aromatic N) is 1. The fraction of sp³-hybridized carbons (Fsp3) is 0.500. The highest BCUT2D eigenvalue weighted by Crippen LogP contribution is 2.10. The maximum Gasteiger partial charge on any atom is 0.208 e. The Hall–Kier alpha value is -1.21. The molecule has 20 heavy (non-hydrogen) atoms. The van der Waals surface area contributed by atoms with Gasteiger partial charge in [-0.2, -0.15) is 0 Å². The van der Waals surface area contributed by atoms with Gasteiger partial charge in [-0.15, -0.1) is 11.3 Å². The van der Waals surface area contributed by atoms with Gasteiger partial charge in [0.15, 0.2) is 0 Å². The summed E-state index contributed by atoms with van der Waals surface area (Å²) in [5.74, 6) is 1.48. The van der Waals surface area contributed by atoms with Gasteiger partial charge in [0, 0.05) is 11.4 Å². The molecule has 0 saturated heterocycles. The predicted octanol–water partition coefficient (Wildman–Crippen LogP) is 2.02. The number of aryl methyl sites for hydroxylation is 2. The third kappa shape index (κ3) is 4.72. The first-order chi connectivity index (χ1) is 9.65. The number of nitrogens with one attached hydrogen (secondary N) is 1. The van der Waals surface area contributed by atoms with Gasteiger partial charge in [-0.3, -0.25) is 0 Å². The summed E-state index contributed by atoms with van der Waals surface area (Å²) in [7, 11) is 0. The van der Waals surface area contributed by atoms with Crippen LogP contribution in [-0.2, 0) is 17.9 Å². The molecule has 0 spiro atoms. The van der Waals surface area contributed by atoms with Crippen LogP contribution in [0.3, 0.4) is 0 Å². The Morgan fingerprint density at radius 1 is 1.50 bits per heavy atom. The molecule has 2 aromatic heterocycles. The van der Waals surface area contributed by atoms with Crippen LogP contribution in [0.15, 0.2) is 21.9 Å². The van der Waals surface area contributed by atoms with Gasteiger partial charge >= 0.3 is 0 Å². The molecule has 0 bridgehead atoms. The Morgan fingerprint density at radius 2 is 2.35 bits per heavy atom. The molecular formula is C14H20N2O3S. The molecule has 0 radical (unpaired) electrons. The highest BCUT2D eigenvalue weighted by molar-refractivity contribution is 7.09. The van der Waals surface area contributed by atoms with Crippen molar-refractivity contribution in [3.05, 3.63) is 39.7 Å². The highest BCUT2D eigenvalue weighted by Gasteiger charge is 2.07. The normalized spacial score (nSPS) is 12.8. The van der Waals surface area contributed by atoms with E-state index in [2.05, 4.69) is 10.3 Å². The number of aliphatic hydroxyl groups excluding tert-OH is 1. The van der Waals surface area contributed by atoms with Gasteiger partial charge in [0.25, 0.3) is 0 Å². The molecule has 1 unspecified atom stereocenters. The largest absolute Gasteiger partial charge is 0.444 e. The van der Waals surface area contributed by atoms with E-state index in [0.29, 0.717) is 32.2 Å². The monoisotopic (exact) mass is 296 g/mol. The lowest BCUT2D eigenvalue weighted by molar-refractivity contribution is 0.0295. The van der Waals surface area contributed by atoms with E-state index >= 15 is 0 Å². The molecule has 5 nitrogen and oxygen atoms in total. The summed E-state index contributed by atoms with van der Waals surface area (Å²) < 4.78 is 10.9. The Balaban J connectivity index is 1.59. The Morgan fingerprint density at radius 3 is 3.00 bits per heavy atom. The molecule has 2 rings (SSSR count). The molecular weight excluding hydrogens is 276 g/mol. The van der Waals surface area contributed by atoms with Crippen LogP contribution in [0.4, 0.5) is 0 Å². The number of hydrogen-bond acceptors (Lipinski definition) is 6. The van der Waals surface area contributed by atoms with Gasteiger partial charge in [-0.25, -0.2) is 4.98 Å². The topological polar surface area (TPSA) is 67.5 Å². The zero-order chi connectivity index (χ0) is 14.4. The van der Waals surface area contributed by atoms with Crippen molar-refractivity contribution in [2.75, 3.05) is 13.2 Å². The molecule has 110 valence electrons. The van der Waals surface area contributed by atoms with Crippen molar-refractivity contribution in [1.82, 2.24) is 10.3 Å². The van der Waals surface area contributed by atoms with Crippen LogP contribution >= 0.6 is 11.3 Å². The summed E-state index contributed by atoms with van der Waals surface area (Å²) in [6.45, 7) is 5.62. The van der Waals surface area contributed by atoms with Crippen molar-refractivity contribution >= 4 is 11.3 Å². The Labute approximate surface area is 122 Å². The molecule has 1 atom stereocenters. The van der Waals surface area contributed by atoms with E-state index in [1.807, 2.05) is 31.4 Å². The number of rotatable bonds is 8. The fourth-order valence-electron chi connectivity index (χ4n) is 1.71. The van der Waals surface area contributed by atoms with Crippen molar-refractivity contribution < 1.29 is 14.3 Å². The molecule has 0 amide bonds. The van der Waals surface area contributed by atoms with Crippen LogP contribution in [0.2, 0.25) is 0 Å². The van der Waals surface area contributed by atoms with Gasteiger partial charge in [0.05, 0.1) is 31.6 Å². The van der Waals surface area contributed by atoms with E-state index in [9.17, 15) is 5.11 Å². The first kappa shape index (κ1) is 15.2. The average molecular weight is 296 g/mol. The van der Waals surface area contributed by atoms with Crippen LogP contribution < -0.4 is 5.32 Å². The van der Waals surface area contributed by atoms with Gasteiger partial charge in [0.2, 0.25) is 5.89 Å². The second-order valence-electron chi connectivity index (χ2n) is 4.63. The molecule has 2 N–H and O–H groups in total. The van der Waals surface area contributed by atoms with Crippen LogP contribution in [0, 0.1) is 13.8 Å². The van der Waals surface area contributed by atoms with E-state index in [1.165, 1.54) is 0 Å². The molecule has 6 heteroatoms. The third-order valence-electron chi connectivity index (χ3n) is 2.86. The van der Waals surface area contributed by atoms with Gasteiger partial charge < -0.3 is 19.6 Å². The summed E-state index contributed by atoms with van der Waals surface area (Å²) in [6, 6.07) is 4.00. The van der Waals surface area contributed by atoms with Gasteiger partial charge in [-0.05, 0) is 25.3 Å². The molecule has 0 aliphatic heterocycles. The third-order valence-corrected chi connectivity index (χ3v) is 3.71. The van der Waals surface area contributed by atoms with Crippen LogP contribution in [0.1, 0.15) is 22.2 Å². The van der Waals surface area contributed by atoms with Crippen LogP contribution in [0.5, 0.6) is 0 Å². The van der Waals surface area contributed by atoms with E-state index < -0.39 is 6.10 Å². The Bertz CT molecular complexity index is 491. The zero-order valence-corrected chi connectivity index (χ0v) is 12.6. The van der Waals surface area contributed by atoms with Crippen LogP contribution in [0.25, 0.3) is 0 Å². The second-order valence-corrected chi connectivity index (χ2v) is 5.66. The Kier molecular flexibility index (Phi) is 5.72. The zero-order valence-electron chi connectivity index (χ0n) is 11.8. The lowest BCUT2D eigenvalue weighted by Gasteiger charge is -2.11. The van der Waals surface area contributed by atoms with Crippen molar-refractivity contribution in [1.29, 1.82) is 0 Å². The number of aliphatic hydroxyl groups is 1. The van der Waals surface area contributed by atoms with Crippen molar-refractivity contribution in [2.45, 2.75) is 33.1 Å². The maximum absolute atomic E-state index is 9.78. The number of thiophene rings is 1. The number of oxazole rings is 1. The lowest BCUT2D eigenvalue weighted by atomic mass is 10.3. The maximum atomic E-state index is 9.78. The van der Waals surface area contributed by atoms with Crippen LogP contribution in [-0.4, -0.2) is 29.3 Å². The summed E-state index contributed by atoms with van der Waals surface area (Å²) in [6.07, 6.45) is -0.535. The van der Waals surface area contributed by atoms with E-state index in [-0.39, 0.29) is 0 Å². The first-order valence-corrected chi connectivity index (χ1v) is 7.45. The van der Waals surface area contributed by atoms with Gasteiger partial charge in [0.1, 0.15) is 5.76 Å². The summed E-state index contributed by atoms with van der Waals surface area (Å²) >= 11 is 1.65. The van der Waals surface area contributed by atoms with E-state index in [4.69, 9.17) is 9.15 Å². The van der Waals surface area contributed by atoms with E-state index in [1.54, 1.807) is 11.3 Å². The standard InChI is InChI=1S/C14H20N2O3S/c1-10-11(2)19-14(16-10)7-15-6-12(17)8-18-9-13-4-3-5-20-13/h3-5,12,15,17H,6-9H2,1-2H3. The molecule has 0 aliphatic carbocycles. The number of aromatic nitrogens is 1. The number of hydrogen-bond donors (Lipinski definition) is 2. The molecule has 0 saturated carbocycles. The molecule has 0 aliphatic rings. The fourth-order valence-corrected chi connectivity index (χ4v) is 2.35. The smallest absolute Gasteiger partial charge is 0.208 e. The quantitative estimate of drug-likeness (QED) is 0.780.